The first-order valence-corrected chi connectivity index (χ1v) is 4.60. The van der Waals surface area contributed by atoms with Crippen molar-refractivity contribution in [3.63, 3.8) is 0 Å². The van der Waals surface area contributed by atoms with Crippen molar-refractivity contribution in [2.75, 3.05) is 13.2 Å². The average molecular weight is 200 g/mol. The van der Waals surface area contributed by atoms with E-state index in [2.05, 4.69) is 11.3 Å². The number of esters is 1. The minimum absolute atomic E-state index is 0.0216. The van der Waals surface area contributed by atoms with Crippen LogP contribution in [0.1, 0.15) is 26.2 Å². The van der Waals surface area contributed by atoms with E-state index in [4.69, 9.17) is 4.74 Å². The van der Waals surface area contributed by atoms with Crippen LogP contribution in [0.5, 0.6) is 0 Å². The molecule has 0 aromatic carbocycles. The molecule has 0 atom stereocenters. The SMILES string of the molecule is C=COC(=O)CC(=O)COCCCC. The van der Waals surface area contributed by atoms with Crippen molar-refractivity contribution in [1.29, 1.82) is 0 Å². The normalized spacial score (nSPS) is 9.50. The zero-order valence-corrected chi connectivity index (χ0v) is 8.45. The van der Waals surface area contributed by atoms with Gasteiger partial charge in [0.15, 0.2) is 5.78 Å². The first kappa shape index (κ1) is 12.8. The lowest BCUT2D eigenvalue weighted by Gasteiger charge is -2.01. The van der Waals surface area contributed by atoms with E-state index in [1.807, 2.05) is 6.92 Å². The van der Waals surface area contributed by atoms with E-state index in [0.717, 1.165) is 19.1 Å². The van der Waals surface area contributed by atoms with Crippen molar-refractivity contribution < 1.29 is 19.1 Å². The molecule has 0 radical (unpaired) electrons. The molecule has 0 rings (SSSR count). The van der Waals surface area contributed by atoms with Crippen LogP contribution < -0.4 is 0 Å². The van der Waals surface area contributed by atoms with Gasteiger partial charge in [0.1, 0.15) is 13.0 Å². The van der Waals surface area contributed by atoms with E-state index in [1.165, 1.54) is 0 Å². The molecule has 0 aliphatic heterocycles. The molecule has 0 bridgehead atoms. The molecule has 0 spiro atoms. The Hall–Kier alpha value is -1.16. The van der Waals surface area contributed by atoms with Crippen LogP contribution in [0.2, 0.25) is 0 Å². The molecule has 14 heavy (non-hydrogen) atoms. The van der Waals surface area contributed by atoms with Gasteiger partial charge in [-0.15, -0.1) is 0 Å². The zero-order valence-electron chi connectivity index (χ0n) is 8.45. The van der Waals surface area contributed by atoms with Crippen LogP contribution >= 0.6 is 0 Å². The van der Waals surface area contributed by atoms with E-state index >= 15 is 0 Å². The van der Waals surface area contributed by atoms with Gasteiger partial charge in [0.05, 0.1) is 6.26 Å². The molecule has 0 aromatic heterocycles. The van der Waals surface area contributed by atoms with Gasteiger partial charge >= 0.3 is 5.97 Å². The molecule has 0 saturated heterocycles. The van der Waals surface area contributed by atoms with E-state index in [1.54, 1.807) is 0 Å². The summed E-state index contributed by atoms with van der Waals surface area (Å²) in [5.74, 6) is -0.864. The monoisotopic (exact) mass is 200 g/mol. The molecule has 80 valence electrons. The lowest BCUT2D eigenvalue weighted by molar-refractivity contribution is -0.142. The molecular weight excluding hydrogens is 184 g/mol. The number of unbranched alkanes of at least 4 members (excludes halogenated alkanes) is 1. The Labute approximate surface area is 83.9 Å². The summed E-state index contributed by atoms with van der Waals surface area (Å²) in [5, 5.41) is 0. The molecule has 4 heteroatoms. The number of ketones is 1. The maximum atomic E-state index is 11.0. The third-order valence-electron chi connectivity index (χ3n) is 1.46. The summed E-state index contributed by atoms with van der Waals surface area (Å²) >= 11 is 0. The summed E-state index contributed by atoms with van der Waals surface area (Å²) in [5.41, 5.74) is 0. The minimum atomic E-state index is -0.593. The number of hydrogen-bond donors (Lipinski definition) is 0. The average Bonchev–Trinajstić information content (AvgIpc) is 2.13. The molecule has 0 N–H and O–H groups in total. The largest absolute Gasteiger partial charge is 0.435 e. The van der Waals surface area contributed by atoms with Gasteiger partial charge in [-0.05, 0) is 6.42 Å². The smallest absolute Gasteiger partial charge is 0.318 e. The molecule has 4 nitrogen and oxygen atoms in total. The second kappa shape index (κ2) is 8.44. The Kier molecular flexibility index (Phi) is 7.74. The topological polar surface area (TPSA) is 52.6 Å². The van der Waals surface area contributed by atoms with Crippen molar-refractivity contribution >= 4 is 11.8 Å². The fourth-order valence-electron chi connectivity index (χ4n) is 0.779. The number of hydrogen-bond acceptors (Lipinski definition) is 4. The quantitative estimate of drug-likeness (QED) is 0.257. The van der Waals surface area contributed by atoms with Crippen molar-refractivity contribution in [2.45, 2.75) is 26.2 Å². The number of ether oxygens (including phenoxy) is 2. The van der Waals surface area contributed by atoms with Gasteiger partial charge in [0.25, 0.3) is 0 Å². The summed E-state index contributed by atoms with van der Waals surface area (Å²) in [4.78, 5) is 21.8. The summed E-state index contributed by atoms with van der Waals surface area (Å²) in [6.07, 6.45) is 2.70. The predicted molar refractivity (Wildman–Crippen MR) is 51.6 cm³/mol. The van der Waals surface area contributed by atoms with E-state index in [9.17, 15) is 9.59 Å². The van der Waals surface area contributed by atoms with Gasteiger partial charge in [0, 0.05) is 6.61 Å². The highest BCUT2D eigenvalue weighted by molar-refractivity contribution is 5.96. The standard InChI is InChI=1S/C10H16O4/c1-3-5-6-13-8-9(11)7-10(12)14-4-2/h4H,2-3,5-8H2,1H3. The summed E-state index contributed by atoms with van der Waals surface area (Å²) < 4.78 is 9.42. The van der Waals surface area contributed by atoms with E-state index in [0.29, 0.717) is 6.61 Å². The first-order chi connectivity index (χ1) is 6.70. The molecule has 0 fully saturated rings. The fraction of sp³-hybridized carbons (Fsp3) is 0.600. The third-order valence-corrected chi connectivity index (χ3v) is 1.46. The first-order valence-electron chi connectivity index (χ1n) is 4.60. The fourth-order valence-corrected chi connectivity index (χ4v) is 0.779. The van der Waals surface area contributed by atoms with E-state index in [-0.39, 0.29) is 18.8 Å². The molecular formula is C10H16O4. The molecule has 0 amide bonds. The summed E-state index contributed by atoms with van der Waals surface area (Å²) in [7, 11) is 0. The van der Waals surface area contributed by atoms with Gasteiger partial charge in [-0.25, -0.2) is 0 Å². The predicted octanol–water partition coefficient (Wildman–Crippen LogP) is 1.45. The Morgan fingerprint density at radius 2 is 2.14 bits per heavy atom. The number of carbonyl (C=O) groups excluding carboxylic acids is 2. The maximum absolute atomic E-state index is 11.0. The Morgan fingerprint density at radius 1 is 1.43 bits per heavy atom. The van der Waals surface area contributed by atoms with Gasteiger partial charge in [0.2, 0.25) is 0 Å². The van der Waals surface area contributed by atoms with Crippen LogP contribution in [0.25, 0.3) is 0 Å². The van der Waals surface area contributed by atoms with Crippen LogP contribution in [0.3, 0.4) is 0 Å². The third kappa shape index (κ3) is 7.49. The second-order valence-electron chi connectivity index (χ2n) is 2.78. The van der Waals surface area contributed by atoms with Crippen LogP contribution in [-0.4, -0.2) is 25.0 Å². The summed E-state index contributed by atoms with van der Waals surface area (Å²) in [6, 6.07) is 0. The highest BCUT2D eigenvalue weighted by Crippen LogP contribution is 1.92. The Morgan fingerprint density at radius 3 is 2.71 bits per heavy atom. The Bertz CT molecular complexity index is 198. The molecule has 0 unspecified atom stereocenters. The van der Waals surface area contributed by atoms with Gasteiger partial charge in [-0.3, -0.25) is 9.59 Å². The van der Waals surface area contributed by atoms with Gasteiger partial charge in [-0.2, -0.15) is 0 Å². The zero-order chi connectivity index (χ0) is 10.8. The molecule has 0 heterocycles. The molecule has 0 aromatic rings. The Balaban J connectivity index is 3.45. The summed E-state index contributed by atoms with van der Waals surface area (Å²) in [6.45, 7) is 5.78. The van der Waals surface area contributed by atoms with Crippen molar-refractivity contribution in [3.8, 4) is 0 Å². The highest BCUT2D eigenvalue weighted by Gasteiger charge is 2.09. The van der Waals surface area contributed by atoms with Gasteiger partial charge in [-0.1, -0.05) is 19.9 Å². The number of Topliss-reactive ketones (excluding diaryl/α,β-unsaturated/α-hetero) is 1. The molecule has 0 aliphatic carbocycles. The van der Waals surface area contributed by atoms with Gasteiger partial charge < -0.3 is 9.47 Å². The minimum Gasteiger partial charge on any atom is -0.435 e. The van der Waals surface area contributed by atoms with Crippen LogP contribution in [-0.2, 0) is 19.1 Å². The van der Waals surface area contributed by atoms with Crippen LogP contribution in [0.15, 0.2) is 12.8 Å². The lowest BCUT2D eigenvalue weighted by Crippen LogP contribution is -2.14. The molecule has 0 aliphatic rings. The number of rotatable bonds is 8. The van der Waals surface area contributed by atoms with Crippen molar-refractivity contribution in [2.24, 2.45) is 0 Å². The molecule has 0 saturated carbocycles. The second-order valence-corrected chi connectivity index (χ2v) is 2.78. The maximum Gasteiger partial charge on any atom is 0.318 e. The highest BCUT2D eigenvalue weighted by atomic mass is 16.5. The van der Waals surface area contributed by atoms with Crippen molar-refractivity contribution in [3.05, 3.63) is 12.8 Å². The van der Waals surface area contributed by atoms with Crippen molar-refractivity contribution in [1.82, 2.24) is 0 Å². The number of carbonyl (C=O) groups is 2. The van der Waals surface area contributed by atoms with Crippen LogP contribution in [0.4, 0.5) is 0 Å². The lowest BCUT2D eigenvalue weighted by atomic mass is 10.3. The van der Waals surface area contributed by atoms with E-state index < -0.39 is 5.97 Å². The van der Waals surface area contributed by atoms with Crippen LogP contribution in [0, 0.1) is 0 Å².